The van der Waals surface area contributed by atoms with Crippen LogP contribution in [0.2, 0.25) is 0 Å². The Balaban J connectivity index is 2.22. The number of β-amino-alcohol motifs (C(OH)–C–C–N with tert-alkyl or cyclic N) is 1. The van der Waals surface area contributed by atoms with E-state index in [2.05, 4.69) is 5.43 Å². The molecule has 1 aliphatic rings. The number of benzene rings is 1. The van der Waals surface area contributed by atoms with E-state index in [-0.39, 0.29) is 11.8 Å². The first-order chi connectivity index (χ1) is 9.02. The van der Waals surface area contributed by atoms with Crippen molar-refractivity contribution in [1.82, 2.24) is 4.90 Å². The molecule has 19 heavy (non-hydrogen) atoms. The second-order valence-electron chi connectivity index (χ2n) is 5.28. The fraction of sp³-hybridized carbons (Fsp3) is 0.500. The number of hydrogen-bond donors (Lipinski definition) is 3. The molecule has 1 amide bonds. The number of amides is 1. The van der Waals surface area contributed by atoms with Gasteiger partial charge in [0.25, 0.3) is 5.91 Å². The minimum Gasteiger partial charge on any atom is -0.391 e. The molecule has 0 radical (unpaired) electrons. The normalized spacial score (nSPS) is 23.3. The average Bonchev–Trinajstić information content (AvgIpc) is 2.41. The van der Waals surface area contributed by atoms with Crippen molar-refractivity contribution in [2.75, 3.05) is 18.5 Å². The van der Waals surface area contributed by atoms with Gasteiger partial charge in [-0.2, -0.15) is 0 Å². The molecule has 1 aromatic rings. The molecular formula is C14H21N3O2. The first-order valence-corrected chi connectivity index (χ1v) is 6.57. The van der Waals surface area contributed by atoms with Crippen molar-refractivity contribution < 1.29 is 9.90 Å². The highest BCUT2D eigenvalue weighted by Crippen LogP contribution is 2.23. The molecule has 4 N–H and O–H groups in total. The van der Waals surface area contributed by atoms with Crippen LogP contribution in [0.5, 0.6) is 0 Å². The number of nitrogen functional groups attached to an aromatic ring is 1. The maximum absolute atomic E-state index is 12.5. The van der Waals surface area contributed by atoms with Gasteiger partial charge < -0.3 is 15.4 Å². The molecule has 0 spiro atoms. The Hall–Kier alpha value is -1.59. The fourth-order valence-corrected chi connectivity index (χ4v) is 2.36. The molecule has 104 valence electrons. The van der Waals surface area contributed by atoms with Crippen LogP contribution >= 0.6 is 0 Å². The lowest BCUT2D eigenvalue weighted by Crippen LogP contribution is -2.46. The molecule has 0 bridgehead atoms. The zero-order valence-electron chi connectivity index (χ0n) is 11.4. The number of hydrogen-bond acceptors (Lipinski definition) is 4. The van der Waals surface area contributed by atoms with Crippen LogP contribution in [0.15, 0.2) is 18.2 Å². The van der Waals surface area contributed by atoms with E-state index >= 15 is 0 Å². The van der Waals surface area contributed by atoms with Crippen molar-refractivity contribution in [2.45, 2.75) is 26.4 Å². The lowest BCUT2D eigenvalue weighted by Gasteiger charge is -2.34. The van der Waals surface area contributed by atoms with E-state index in [0.29, 0.717) is 24.3 Å². The average molecular weight is 263 g/mol. The van der Waals surface area contributed by atoms with Crippen LogP contribution in [0, 0.1) is 12.8 Å². The van der Waals surface area contributed by atoms with Gasteiger partial charge in [0, 0.05) is 13.1 Å². The van der Waals surface area contributed by atoms with E-state index in [1.54, 1.807) is 11.0 Å². The van der Waals surface area contributed by atoms with Gasteiger partial charge in [0.1, 0.15) is 0 Å². The van der Waals surface area contributed by atoms with Gasteiger partial charge in [-0.15, -0.1) is 0 Å². The second-order valence-corrected chi connectivity index (χ2v) is 5.28. The molecule has 0 aromatic heterocycles. The predicted octanol–water partition coefficient (Wildman–Crippen LogP) is 1.12. The van der Waals surface area contributed by atoms with E-state index < -0.39 is 6.10 Å². The van der Waals surface area contributed by atoms with Crippen LogP contribution in [-0.2, 0) is 0 Å². The number of hydrazine groups is 1. The first kappa shape index (κ1) is 13.8. The van der Waals surface area contributed by atoms with Crippen LogP contribution in [-0.4, -0.2) is 35.1 Å². The Morgan fingerprint density at radius 3 is 2.89 bits per heavy atom. The number of aryl methyl sites for hydroxylation is 1. The van der Waals surface area contributed by atoms with Crippen LogP contribution < -0.4 is 11.3 Å². The highest BCUT2D eigenvalue weighted by molar-refractivity contribution is 5.99. The number of carbonyl (C=O) groups excluding carboxylic acids is 1. The summed E-state index contributed by atoms with van der Waals surface area (Å²) in [5.74, 6) is 5.61. The number of aliphatic hydroxyl groups is 1. The Labute approximate surface area is 113 Å². The van der Waals surface area contributed by atoms with Gasteiger partial charge in [-0.05, 0) is 31.4 Å². The van der Waals surface area contributed by atoms with Gasteiger partial charge in [-0.25, -0.2) is 0 Å². The summed E-state index contributed by atoms with van der Waals surface area (Å²) in [6.07, 6.45) is 0.376. The Morgan fingerprint density at radius 1 is 1.53 bits per heavy atom. The summed E-state index contributed by atoms with van der Waals surface area (Å²) in [6, 6.07) is 5.52. The highest BCUT2D eigenvalue weighted by Gasteiger charge is 2.28. The first-order valence-electron chi connectivity index (χ1n) is 6.57. The summed E-state index contributed by atoms with van der Waals surface area (Å²) in [6.45, 7) is 5.00. The molecular weight excluding hydrogens is 242 g/mol. The zero-order valence-corrected chi connectivity index (χ0v) is 11.4. The third-order valence-corrected chi connectivity index (χ3v) is 3.77. The SMILES string of the molecule is Cc1ccc(NN)c(C(=O)N2CCC(C)C(O)C2)c1. The lowest BCUT2D eigenvalue weighted by molar-refractivity contribution is 0.0249. The fourth-order valence-electron chi connectivity index (χ4n) is 2.36. The zero-order chi connectivity index (χ0) is 14.0. The van der Waals surface area contributed by atoms with Crippen molar-refractivity contribution in [1.29, 1.82) is 0 Å². The largest absolute Gasteiger partial charge is 0.391 e. The van der Waals surface area contributed by atoms with Crippen molar-refractivity contribution in [3.63, 3.8) is 0 Å². The Morgan fingerprint density at radius 2 is 2.26 bits per heavy atom. The van der Waals surface area contributed by atoms with E-state index in [0.717, 1.165) is 12.0 Å². The van der Waals surface area contributed by atoms with Crippen molar-refractivity contribution in [2.24, 2.45) is 11.8 Å². The third kappa shape index (κ3) is 2.88. The molecule has 2 rings (SSSR count). The molecule has 2 unspecified atom stereocenters. The molecule has 5 heteroatoms. The van der Waals surface area contributed by atoms with Gasteiger partial charge >= 0.3 is 0 Å². The van der Waals surface area contributed by atoms with Gasteiger partial charge in [0.05, 0.1) is 17.4 Å². The molecule has 1 aromatic carbocycles. The molecule has 5 nitrogen and oxygen atoms in total. The molecule has 1 aliphatic heterocycles. The number of nitrogens with zero attached hydrogens (tertiary/aromatic N) is 1. The Kier molecular flexibility index (Phi) is 4.07. The monoisotopic (exact) mass is 263 g/mol. The lowest BCUT2D eigenvalue weighted by atomic mass is 9.95. The summed E-state index contributed by atoms with van der Waals surface area (Å²) < 4.78 is 0. The van der Waals surface area contributed by atoms with Gasteiger partial charge in [0.15, 0.2) is 0 Å². The number of nitrogens with two attached hydrogens (primary N) is 1. The van der Waals surface area contributed by atoms with Gasteiger partial charge in [-0.1, -0.05) is 18.6 Å². The number of likely N-dealkylation sites (tertiary alicyclic amines) is 1. The number of anilines is 1. The molecule has 0 saturated carbocycles. The number of piperidine rings is 1. The van der Waals surface area contributed by atoms with Crippen LogP contribution in [0.1, 0.15) is 29.3 Å². The van der Waals surface area contributed by atoms with Crippen molar-refractivity contribution >= 4 is 11.6 Å². The topological polar surface area (TPSA) is 78.6 Å². The molecule has 0 aliphatic carbocycles. The minimum atomic E-state index is -0.447. The third-order valence-electron chi connectivity index (χ3n) is 3.77. The summed E-state index contributed by atoms with van der Waals surface area (Å²) in [4.78, 5) is 14.2. The second kappa shape index (κ2) is 5.59. The number of aliphatic hydroxyl groups excluding tert-OH is 1. The van der Waals surface area contributed by atoms with Crippen LogP contribution in [0.25, 0.3) is 0 Å². The number of carbonyl (C=O) groups is 1. The maximum Gasteiger partial charge on any atom is 0.256 e. The standard InChI is InChI=1S/C14H21N3O2/c1-9-3-4-12(16-15)11(7-9)14(19)17-6-5-10(2)13(18)8-17/h3-4,7,10,13,16,18H,5-6,8,15H2,1-2H3. The predicted molar refractivity (Wildman–Crippen MR) is 74.7 cm³/mol. The maximum atomic E-state index is 12.5. The summed E-state index contributed by atoms with van der Waals surface area (Å²) in [7, 11) is 0. The van der Waals surface area contributed by atoms with Crippen molar-refractivity contribution in [3.8, 4) is 0 Å². The van der Waals surface area contributed by atoms with Crippen LogP contribution in [0.3, 0.4) is 0 Å². The van der Waals surface area contributed by atoms with Crippen LogP contribution in [0.4, 0.5) is 5.69 Å². The highest BCUT2D eigenvalue weighted by atomic mass is 16.3. The summed E-state index contributed by atoms with van der Waals surface area (Å²) in [5, 5.41) is 9.89. The number of rotatable bonds is 2. The van der Waals surface area contributed by atoms with E-state index in [1.165, 1.54) is 0 Å². The van der Waals surface area contributed by atoms with Crippen molar-refractivity contribution in [3.05, 3.63) is 29.3 Å². The number of nitrogens with one attached hydrogen (secondary N) is 1. The van der Waals surface area contributed by atoms with Gasteiger partial charge in [0.2, 0.25) is 0 Å². The van der Waals surface area contributed by atoms with E-state index in [4.69, 9.17) is 5.84 Å². The summed E-state index contributed by atoms with van der Waals surface area (Å²) >= 11 is 0. The smallest absolute Gasteiger partial charge is 0.256 e. The quantitative estimate of drug-likeness (QED) is 0.552. The molecule has 2 atom stereocenters. The Bertz CT molecular complexity index is 476. The molecule has 1 heterocycles. The minimum absolute atomic E-state index is 0.0809. The molecule has 1 saturated heterocycles. The summed E-state index contributed by atoms with van der Waals surface area (Å²) in [5.41, 5.74) is 4.73. The molecule has 1 fully saturated rings. The van der Waals surface area contributed by atoms with E-state index in [1.807, 2.05) is 26.0 Å². The van der Waals surface area contributed by atoms with Gasteiger partial charge in [-0.3, -0.25) is 10.6 Å². The van der Waals surface area contributed by atoms with E-state index in [9.17, 15) is 9.90 Å².